The molecule has 0 aromatic rings. The highest BCUT2D eigenvalue weighted by molar-refractivity contribution is 4.55. The maximum atomic E-state index is 5.06. The van der Waals surface area contributed by atoms with E-state index < -0.39 is 0 Å². The highest BCUT2D eigenvalue weighted by Crippen LogP contribution is 2.09. The van der Waals surface area contributed by atoms with Gasteiger partial charge in [-0.15, -0.1) is 0 Å². The molecule has 0 radical (unpaired) electrons. The van der Waals surface area contributed by atoms with Crippen molar-refractivity contribution in [2.24, 2.45) is 5.92 Å². The van der Waals surface area contributed by atoms with Crippen molar-refractivity contribution < 1.29 is 14.2 Å². The van der Waals surface area contributed by atoms with Crippen LogP contribution in [-0.4, -0.2) is 40.6 Å². The van der Waals surface area contributed by atoms with Crippen LogP contribution in [-0.2, 0) is 14.2 Å². The van der Waals surface area contributed by atoms with E-state index in [1.807, 2.05) is 0 Å². The van der Waals surface area contributed by atoms with E-state index in [1.54, 1.807) is 14.2 Å². The quantitative estimate of drug-likeness (QED) is 0.607. The first-order valence-electron chi connectivity index (χ1n) is 4.37. The van der Waals surface area contributed by atoms with Gasteiger partial charge in [-0.25, -0.2) is 0 Å². The van der Waals surface area contributed by atoms with Gasteiger partial charge in [0.1, 0.15) is 0 Å². The fraction of sp³-hybridized carbons (Fsp3) is 1.00. The van der Waals surface area contributed by atoms with Crippen LogP contribution in [0.1, 0.15) is 13.3 Å². The molecule has 0 saturated carbocycles. The van der Waals surface area contributed by atoms with Crippen molar-refractivity contribution in [1.82, 2.24) is 0 Å². The first-order chi connectivity index (χ1) is 5.81. The Balaban J connectivity index is 0.000000202. The maximum absolute atomic E-state index is 5.06. The summed E-state index contributed by atoms with van der Waals surface area (Å²) >= 11 is 0. The molecule has 3 nitrogen and oxygen atoms in total. The Kier molecular flexibility index (Phi) is 8.88. The summed E-state index contributed by atoms with van der Waals surface area (Å²) in [4.78, 5) is 0. The van der Waals surface area contributed by atoms with Gasteiger partial charge >= 0.3 is 0 Å². The van der Waals surface area contributed by atoms with Crippen LogP contribution < -0.4 is 0 Å². The number of methoxy groups -OCH3 is 2. The van der Waals surface area contributed by atoms with Crippen molar-refractivity contribution in [3.05, 3.63) is 0 Å². The van der Waals surface area contributed by atoms with Crippen molar-refractivity contribution >= 4 is 0 Å². The fourth-order valence-corrected chi connectivity index (χ4v) is 0.819. The Morgan fingerprint density at radius 1 is 1.25 bits per heavy atom. The molecular formula is C9H20O3. The van der Waals surface area contributed by atoms with E-state index in [1.165, 1.54) is 6.42 Å². The van der Waals surface area contributed by atoms with Crippen molar-refractivity contribution in [3.63, 3.8) is 0 Å². The van der Waals surface area contributed by atoms with E-state index in [4.69, 9.17) is 4.74 Å². The van der Waals surface area contributed by atoms with Gasteiger partial charge in [0.05, 0.1) is 13.2 Å². The number of hydrogen-bond acceptors (Lipinski definition) is 3. The monoisotopic (exact) mass is 176 g/mol. The molecule has 0 aromatic carbocycles. The molecule has 1 heterocycles. The molecule has 0 aliphatic carbocycles. The number of rotatable bonds is 3. The predicted octanol–water partition coefficient (Wildman–Crippen LogP) is 1.32. The Morgan fingerprint density at radius 2 is 1.83 bits per heavy atom. The van der Waals surface area contributed by atoms with Crippen LogP contribution in [0.4, 0.5) is 0 Å². The van der Waals surface area contributed by atoms with Gasteiger partial charge in [0, 0.05) is 27.4 Å². The molecule has 74 valence electrons. The van der Waals surface area contributed by atoms with E-state index in [-0.39, 0.29) is 0 Å². The zero-order valence-corrected chi connectivity index (χ0v) is 8.34. The van der Waals surface area contributed by atoms with Gasteiger partial charge in [-0.05, 0) is 12.3 Å². The number of hydrogen-bond donors (Lipinski definition) is 0. The first-order valence-corrected chi connectivity index (χ1v) is 4.37. The average molecular weight is 176 g/mol. The molecule has 0 spiro atoms. The lowest BCUT2D eigenvalue weighted by molar-refractivity contribution is 0.103. The van der Waals surface area contributed by atoms with Gasteiger partial charge in [-0.1, -0.05) is 6.92 Å². The minimum atomic E-state index is 0.691. The zero-order valence-electron chi connectivity index (χ0n) is 8.34. The third-order valence-corrected chi connectivity index (χ3v) is 1.65. The standard InChI is InChI=1S/C5H10O.C4H10O2/c1-5-2-3-6-4-5;1-5-3-4-6-2/h5H,2-4H2,1H3;3-4H2,1-2H3. The van der Waals surface area contributed by atoms with Gasteiger partial charge in [0.25, 0.3) is 0 Å². The molecule has 0 N–H and O–H groups in total. The summed E-state index contributed by atoms with van der Waals surface area (Å²) in [5, 5.41) is 0. The minimum Gasteiger partial charge on any atom is -0.382 e. The largest absolute Gasteiger partial charge is 0.382 e. The van der Waals surface area contributed by atoms with Gasteiger partial charge in [0.15, 0.2) is 0 Å². The Bertz CT molecular complexity index is 75.8. The molecule has 1 atom stereocenters. The van der Waals surface area contributed by atoms with Gasteiger partial charge in [-0.3, -0.25) is 0 Å². The molecule has 12 heavy (non-hydrogen) atoms. The Morgan fingerprint density at radius 3 is 2.00 bits per heavy atom. The van der Waals surface area contributed by atoms with E-state index in [9.17, 15) is 0 Å². The summed E-state index contributed by atoms with van der Waals surface area (Å²) < 4.78 is 14.4. The van der Waals surface area contributed by atoms with Crippen LogP contribution in [0.25, 0.3) is 0 Å². The second kappa shape index (κ2) is 8.97. The molecule has 1 unspecified atom stereocenters. The van der Waals surface area contributed by atoms with Gasteiger partial charge in [-0.2, -0.15) is 0 Å². The van der Waals surface area contributed by atoms with Crippen molar-refractivity contribution in [1.29, 1.82) is 0 Å². The fourth-order valence-electron chi connectivity index (χ4n) is 0.819. The van der Waals surface area contributed by atoms with Crippen LogP contribution in [0.3, 0.4) is 0 Å². The molecule has 1 aliphatic rings. The first kappa shape index (κ1) is 11.9. The molecule has 1 rings (SSSR count). The van der Waals surface area contributed by atoms with Crippen LogP contribution in [0.5, 0.6) is 0 Å². The Hall–Kier alpha value is -0.120. The van der Waals surface area contributed by atoms with Crippen LogP contribution in [0.2, 0.25) is 0 Å². The molecule has 0 bridgehead atoms. The second-order valence-electron chi connectivity index (χ2n) is 2.95. The third-order valence-electron chi connectivity index (χ3n) is 1.65. The van der Waals surface area contributed by atoms with E-state index >= 15 is 0 Å². The normalized spacial score (nSPS) is 21.8. The second-order valence-corrected chi connectivity index (χ2v) is 2.95. The predicted molar refractivity (Wildman–Crippen MR) is 48.4 cm³/mol. The molecule has 1 fully saturated rings. The number of ether oxygens (including phenoxy) is 3. The summed E-state index contributed by atoms with van der Waals surface area (Å²) in [5.74, 6) is 0.824. The average Bonchev–Trinajstić information content (AvgIpc) is 2.53. The van der Waals surface area contributed by atoms with Crippen LogP contribution >= 0.6 is 0 Å². The highest BCUT2D eigenvalue weighted by Gasteiger charge is 2.07. The lowest BCUT2D eigenvalue weighted by Crippen LogP contribution is -1.96. The smallest absolute Gasteiger partial charge is 0.0696 e. The summed E-state index contributed by atoms with van der Waals surface area (Å²) in [6.07, 6.45) is 1.26. The highest BCUT2D eigenvalue weighted by atomic mass is 16.5. The molecule has 0 amide bonds. The van der Waals surface area contributed by atoms with Crippen molar-refractivity contribution in [3.8, 4) is 0 Å². The van der Waals surface area contributed by atoms with E-state index in [0.717, 1.165) is 19.1 Å². The zero-order chi connectivity index (χ0) is 9.23. The van der Waals surface area contributed by atoms with E-state index in [2.05, 4.69) is 16.4 Å². The summed E-state index contributed by atoms with van der Waals surface area (Å²) in [7, 11) is 3.30. The van der Waals surface area contributed by atoms with Gasteiger partial charge in [0.2, 0.25) is 0 Å². The molecule has 1 saturated heterocycles. The van der Waals surface area contributed by atoms with E-state index in [0.29, 0.717) is 13.2 Å². The molecule has 3 heteroatoms. The minimum absolute atomic E-state index is 0.691. The topological polar surface area (TPSA) is 27.7 Å². The maximum Gasteiger partial charge on any atom is 0.0696 e. The lowest BCUT2D eigenvalue weighted by Gasteiger charge is -1.91. The molecule has 0 aromatic heterocycles. The van der Waals surface area contributed by atoms with Gasteiger partial charge < -0.3 is 14.2 Å². The van der Waals surface area contributed by atoms with Crippen molar-refractivity contribution in [2.75, 3.05) is 40.6 Å². The summed E-state index contributed by atoms with van der Waals surface area (Å²) in [5.41, 5.74) is 0. The SMILES string of the molecule is CC1CCOC1.COCCOC. The van der Waals surface area contributed by atoms with Crippen LogP contribution in [0, 0.1) is 5.92 Å². The molecular weight excluding hydrogens is 156 g/mol. The Labute approximate surface area is 75.0 Å². The molecule has 1 aliphatic heterocycles. The summed E-state index contributed by atoms with van der Waals surface area (Å²) in [6, 6.07) is 0. The third kappa shape index (κ3) is 7.98. The lowest BCUT2D eigenvalue weighted by atomic mass is 10.2. The summed E-state index contributed by atoms with van der Waals surface area (Å²) in [6.45, 7) is 5.57. The van der Waals surface area contributed by atoms with Crippen LogP contribution in [0.15, 0.2) is 0 Å². The van der Waals surface area contributed by atoms with Crippen molar-refractivity contribution in [2.45, 2.75) is 13.3 Å².